The van der Waals surface area contributed by atoms with Gasteiger partial charge in [0.25, 0.3) is 0 Å². The fourth-order valence-electron chi connectivity index (χ4n) is 2.01. The molecular weight excluding hydrogens is 561 g/mol. The molecule has 0 saturated carbocycles. The molecule has 10 nitrogen and oxygen atoms in total. The lowest BCUT2D eigenvalue weighted by molar-refractivity contribution is -0.192. The van der Waals surface area contributed by atoms with E-state index in [1.54, 1.807) is 24.3 Å². The molecule has 0 aliphatic carbocycles. The number of phenols is 1. The maximum Gasteiger partial charge on any atom is 0.490 e. The number of aromatic hydroxyl groups is 1. The first-order valence-electron chi connectivity index (χ1n) is 8.54. The van der Waals surface area contributed by atoms with Crippen LogP contribution in [-0.4, -0.2) is 49.9 Å². The molecule has 0 bridgehead atoms. The van der Waals surface area contributed by atoms with Crippen molar-refractivity contribution in [3.8, 4) is 5.75 Å². The molecule has 0 radical (unpaired) electrons. The van der Waals surface area contributed by atoms with Gasteiger partial charge in [0.15, 0.2) is 5.75 Å². The van der Waals surface area contributed by atoms with Crippen LogP contribution in [0.4, 0.5) is 29.3 Å². The van der Waals surface area contributed by atoms with Crippen molar-refractivity contribution in [2.24, 2.45) is 5.73 Å². The van der Waals surface area contributed by atoms with E-state index >= 15 is 0 Å². The van der Waals surface area contributed by atoms with E-state index < -0.39 is 38.8 Å². The van der Waals surface area contributed by atoms with Gasteiger partial charge in [-0.1, -0.05) is 23.7 Å². The number of phenolic OH excluding ortho intramolecular Hbond substituents is 1. The van der Waals surface area contributed by atoms with Crippen molar-refractivity contribution in [3.05, 3.63) is 45.9 Å². The third-order valence-electron chi connectivity index (χ3n) is 3.40. The third kappa shape index (κ3) is 8.70. The van der Waals surface area contributed by atoms with Crippen molar-refractivity contribution >= 4 is 60.9 Å². The minimum atomic E-state index is -5.08. The van der Waals surface area contributed by atoms with Crippen molar-refractivity contribution in [1.29, 1.82) is 0 Å². The number of carbonyl (C=O) groups excluding carboxylic acids is 1. The van der Waals surface area contributed by atoms with Gasteiger partial charge in [0.05, 0.1) is 16.4 Å². The number of carbonyl (C=O) groups is 2. The molecule has 0 atom stereocenters. The van der Waals surface area contributed by atoms with Gasteiger partial charge in [-0.25, -0.2) is 22.7 Å². The van der Waals surface area contributed by atoms with Crippen molar-refractivity contribution in [2.45, 2.75) is 11.1 Å². The van der Waals surface area contributed by atoms with Crippen LogP contribution in [0.3, 0.4) is 0 Å². The first kappa shape index (κ1) is 28.4. The number of anilines is 2. The number of nitrogens with one attached hydrogen (secondary N) is 3. The van der Waals surface area contributed by atoms with Gasteiger partial charge in [0.1, 0.15) is 4.90 Å². The first-order valence-corrected chi connectivity index (χ1v) is 11.2. The van der Waals surface area contributed by atoms with Gasteiger partial charge in [0, 0.05) is 17.6 Å². The molecule has 0 aliphatic heterocycles. The number of carboxylic acid groups (broad SMARTS) is 1. The smallest absolute Gasteiger partial charge is 0.490 e. The number of amides is 2. The number of halogens is 5. The number of urea groups is 1. The molecule has 33 heavy (non-hydrogen) atoms. The highest BCUT2D eigenvalue weighted by molar-refractivity contribution is 9.10. The Kier molecular flexibility index (Phi) is 10.4. The fraction of sp³-hybridized carbons (Fsp3) is 0.176. The zero-order valence-corrected chi connectivity index (χ0v) is 19.4. The Hall–Kier alpha value is -2.59. The molecule has 2 aromatic carbocycles. The first-order chi connectivity index (χ1) is 15.2. The van der Waals surface area contributed by atoms with E-state index in [0.717, 1.165) is 0 Å². The minimum absolute atomic E-state index is 0.0295. The Morgan fingerprint density at radius 3 is 2.15 bits per heavy atom. The summed E-state index contributed by atoms with van der Waals surface area (Å²) >= 11 is 9.20. The summed E-state index contributed by atoms with van der Waals surface area (Å²) in [6.45, 7) is 0.0438. The molecule has 0 aromatic heterocycles. The third-order valence-corrected chi connectivity index (χ3v) is 6.05. The number of hydrogen-bond acceptors (Lipinski definition) is 6. The van der Waals surface area contributed by atoms with Crippen LogP contribution in [0.25, 0.3) is 0 Å². The summed E-state index contributed by atoms with van der Waals surface area (Å²) in [4.78, 5) is 20.5. The monoisotopic (exact) mass is 576 g/mol. The van der Waals surface area contributed by atoms with E-state index in [1.165, 1.54) is 12.1 Å². The van der Waals surface area contributed by atoms with Gasteiger partial charge >= 0.3 is 18.2 Å². The second-order valence-electron chi connectivity index (χ2n) is 5.82. The van der Waals surface area contributed by atoms with Crippen LogP contribution in [-0.2, 0) is 14.8 Å². The summed E-state index contributed by atoms with van der Waals surface area (Å²) in [5.41, 5.74) is 5.66. The number of rotatable bonds is 6. The molecule has 0 fully saturated rings. The second-order valence-corrected chi connectivity index (χ2v) is 8.79. The van der Waals surface area contributed by atoms with Crippen molar-refractivity contribution in [2.75, 3.05) is 23.7 Å². The molecule has 0 aliphatic rings. The molecule has 0 saturated heterocycles. The zero-order valence-electron chi connectivity index (χ0n) is 16.3. The Bertz CT molecular complexity index is 1120. The number of sulfonamides is 1. The largest absolute Gasteiger partial charge is 0.504 e. The fourth-order valence-corrected chi connectivity index (χ4v) is 4.07. The number of nitrogens with two attached hydrogens (primary N) is 1. The van der Waals surface area contributed by atoms with Crippen LogP contribution in [0.2, 0.25) is 5.02 Å². The molecule has 0 unspecified atom stereocenters. The lowest BCUT2D eigenvalue weighted by Crippen LogP contribution is -2.29. The van der Waals surface area contributed by atoms with Crippen molar-refractivity contribution < 1.29 is 41.4 Å². The Balaban J connectivity index is 0.000000675. The summed E-state index contributed by atoms with van der Waals surface area (Å²) in [5.74, 6) is -3.43. The molecule has 16 heteroatoms. The van der Waals surface area contributed by atoms with Gasteiger partial charge in [0.2, 0.25) is 10.0 Å². The average Bonchev–Trinajstić information content (AvgIpc) is 2.70. The van der Waals surface area contributed by atoms with Crippen molar-refractivity contribution in [1.82, 2.24) is 4.72 Å². The summed E-state index contributed by atoms with van der Waals surface area (Å²) in [6.07, 6.45) is -5.08. The standard InChI is InChI=1S/C15H16BrClN4O4S.C2HF3O2/c16-9-3-1-2-4-11(9)20-15(23)21-12-6-5-10(17)14(13(12)22)26(24,25)19-8-7-18;3-2(4,5)1(6)7/h1-6,19,22H,7-8,18H2,(H2,20,21,23);(H,6,7). The summed E-state index contributed by atoms with van der Waals surface area (Å²) < 4.78 is 59.1. The van der Waals surface area contributed by atoms with Gasteiger partial charge in [-0.05, 0) is 40.2 Å². The van der Waals surface area contributed by atoms with E-state index in [4.69, 9.17) is 27.2 Å². The molecule has 2 aromatic rings. The molecular formula is C17H17BrClF3N4O6S. The van der Waals surface area contributed by atoms with E-state index in [2.05, 4.69) is 31.3 Å². The van der Waals surface area contributed by atoms with E-state index in [1.807, 2.05) is 0 Å². The van der Waals surface area contributed by atoms with Crippen molar-refractivity contribution in [3.63, 3.8) is 0 Å². The number of benzene rings is 2. The SMILES string of the molecule is NCCNS(=O)(=O)c1c(Cl)ccc(NC(=O)Nc2ccccc2Br)c1O.O=C(O)C(F)(F)F. The molecule has 2 amide bonds. The number of carboxylic acids is 1. The predicted octanol–water partition coefficient (Wildman–Crippen LogP) is 3.32. The normalized spacial score (nSPS) is 11.2. The van der Waals surface area contributed by atoms with Crippen LogP contribution in [0.5, 0.6) is 5.75 Å². The number of para-hydroxylation sites is 1. The maximum absolute atomic E-state index is 12.3. The quantitative estimate of drug-likeness (QED) is 0.286. The Labute approximate surface area is 199 Å². The van der Waals surface area contributed by atoms with E-state index in [0.29, 0.717) is 10.2 Å². The maximum atomic E-state index is 12.3. The summed E-state index contributed by atoms with van der Waals surface area (Å²) in [5, 5.41) is 22.2. The number of hydrogen-bond donors (Lipinski definition) is 6. The van der Waals surface area contributed by atoms with Crippen LogP contribution in [0.1, 0.15) is 0 Å². The molecule has 182 valence electrons. The number of alkyl halides is 3. The van der Waals surface area contributed by atoms with E-state index in [-0.39, 0.29) is 23.8 Å². The molecule has 0 spiro atoms. The van der Waals surface area contributed by atoms with Gasteiger partial charge in [-0.3, -0.25) is 0 Å². The topological polar surface area (TPSA) is 171 Å². The highest BCUT2D eigenvalue weighted by Crippen LogP contribution is 2.36. The number of aliphatic carboxylic acids is 1. The highest BCUT2D eigenvalue weighted by atomic mass is 79.9. The van der Waals surface area contributed by atoms with Crippen LogP contribution in [0, 0.1) is 0 Å². The lowest BCUT2D eigenvalue weighted by atomic mass is 10.3. The molecule has 7 N–H and O–H groups in total. The van der Waals surface area contributed by atoms with Crippen LogP contribution >= 0.6 is 27.5 Å². The minimum Gasteiger partial charge on any atom is -0.504 e. The molecule has 2 rings (SSSR count). The van der Waals surface area contributed by atoms with Crippen LogP contribution in [0.15, 0.2) is 45.8 Å². The van der Waals surface area contributed by atoms with E-state index in [9.17, 15) is 31.5 Å². The van der Waals surface area contributed by atoms with Gasteiger partial charge in [-0.2, -0.15) is 13.2 Å². The summed E-state index contributed by atoms with van der Waals surface area (Å²) in [6, 6.07) is 8.79. The Morgan fingerprint density at radius 1 is 1.09 bits per heavy atom. The zero-order chi connectivity index (χ0) is 25.4. The molecule has 0 heterocycles. The van der Waals surface area contributed by atoms with Gasteiger partial charge in [-0.15, -0.1) is 0 Å². The predicted molar refractivity (Wildman–Crippen MR) is 118 cm³/mol. The highest BCUT2D eigenvalue weighted by Gasteiger charge is 2.38. The Morgan fingerprint density at radius 2 is 1.64 bits per heavy atom. The second kappa shape index (κ2) is 12.0. The van der Waals surface area contributed by atoms with Crippen LogP contribution < -0.4 is 21.1 Å². The summed E-state index contributed by atoms with van der Waals surface area (Å²) in [7, 11) is -4.10. The lowest BCUT2D eigenvalue weighted by Gasteiger charge is -2.14. The average molecular weight is 578 g/mol. The van der Waals surface area contributed by atoms with Gasteiger partial charge < -0.3 is 26.6 Å².